The Balaban J connectivity index is 1.84. The first-order valence-electron chi connectivity index (χ1n) is 5.95. The number of nitrogens with zero attached hydrogens (tertiary/aromatic N) is 2. The van der Waals surface area contributed by atoms with Crippen molar-refractivity contribution in [2.75, 3.05) is 18.4 Å². The van der Waals surface area contributed by atoms with Gasteiger partial charge in [0.05, 0.1) is 5.56 Å². The van der Waals surface area contributed by atoms with Gasteiger partial charge in [-0.05, 0) is 23.7 Å². The molecule has 0 unspecified atom stereocenters. The number of hydrogen-bond acceptors (Lipinski definition) is 5. The van der Waals surface area contributed by atoms with Crippen molar-refractivity contribution in [3.8, 4) is 6.07 Å². The van der Waals surface area contributed by atoms with E-state index in [9.17, 15) is 9.18 Å². The predicted molar refractivity (Wildman–Crippen MR) is 79.1 cm³/mol. The van der Waals surface area contributed by atoms with Gasteiger partial charge in [0.15, 0.2) is 5.15 Å². The summed E-state index contributed by atoms with van der Waals surface area (Å²) < 4.78 is 17.2. The van der Waals surface area contributed by atoms with Crippen LogP contribution in [0.2, 0.25) is 5.15 Å². The molecule has 1 aromatic carbocycles. The fourth-order valence-corrected chi connectivity index (χ4v) is 2.54. The molecule has 5 nitrogen and oxygen atoms in total. The Morgan fingerprint density at radius 3 is 2.90 bits per heavy atom. The minimum Gasteiger partial charge on any atom is -0.373 e. The van der Waals surface area contributed by atoms with Crippen molar-refractivity contribution in [3.05, 3.63) is 46.4 Å². The van der Waals surface area contributed by atoms with Crippen LogP contribution in [0.3, 0.4) is 0 Å². The predicted octanol–water partition coefficient (Wildman–Crippen LogP) is 2.65. The van der Waals surface area contributed by atoms with Gasteiger partial charge in [0.2, 0.25) is 0 Å². The number of nitrogens with one attached hydrogen (secondary N) is 2. The van der Waals surface area contributed by atoms with E-state index in [4.69, 9.17) is 16.9 Å². The normalized spacial score (nSPS) is 9.95. The van der Waals surface area contributed by atoms with Crippen LogP contribution in [-0.2, 0) is 0 Å². The summed E-state index contributed by atoms with van der Waals surface area (Å²) in [6, 6.07) is 7.69. The molecule has 0 saturated heterocycles. The van der Waals surface area contributed by atoms with Crippen LogP contribution in [0.4, 0.5) is 9.39 Å². The van der Waals surface area contributed by atoms with Crippen molar-refractivity contribution in [2.45, 2.75) is 0 Å². The topological polar surface area (TPSA) is 77.8 Å². The Kier molecular flexibility index (Phi) is 5.09. The highest BCUT2D eigenvalue weighted by molar-refractivity contribution is 7.10. The maximum atomic E-state index is 13.4. The first-order valence-corrected chi connectivity index (χ1v) is 7.10. The lowest BCUT2D eigenvalue weighted by Crippen LogP contribution is -2.29. The molecular formula is C13H10ClFN4OS. The van der Waals surface area contributed by atoms with Crippen LogP contribution in [0.25, 0.3) is 0 Å². The molecule has 0 aliphatic carbocycles. The van der Waals surface area contributed by atoms with Crippen molar-refractivity contribution < 1.29 is 9.18 Å². The Bertz CT molecular complexity index is 698. The second kappa shape index (κ2) is 7.02. The maximum absolute atomic E-state index is 13.4. The number of rotatable bonds is 5. The van der Waals surface area contributed by atoms with Gasteiger partial charge in [-0.1, -0.05) is 23.7 Å². The number of carbonyl (C=O) groups is 1. The summed E-state index contributed by atoms with van der Waals surface area (Å²) in [4.78, 5) is 11.7. The van der Waals surface area contributed by atoms with E-state index in [1.807, 2.05) is 6.07 Å². The smallest absolute Gasteiger partial charge is 0.254 e. The first kappa shape index (κ1) is 15.2. The van der Waals surface area contributed by atoms with E-state index in [0.29, 0.717) is 11.5 Å². The van der Waals surface area contributed by atoms with Crippen LogP contribution in [0.1, 0.15) is 15.9 Å². The van der Waals surface area contributed by atoms with Crippen LogP contribution in [-0.4, -0.2) is 23.4 Å². The second-order valence-electron chi connectivity index (χ2n) is 3.95. The second-order valence-corrected chi connectivity index (χ2v) is 5.08. The third-order valence-corrected chi connectivity index (χ3v) is 3.76. The lowest BCUT2D eigenvalue weighted by molar-refractivity contribution is 0.0951. The van der Waals surface area contributed by atoms with Crippen molar-refractivity contribution >= 4 is 34.0 Å². The van der Waals surface area contributed by atoms with Crippen LogP contribution in [0.15, 0.2) is 24.3 Å². The summed E-state index contributed by atoms with van der Waals surface area (Å²) in [5.74, 6) is -1.05. The average molecular weight is 325 g/mol. The fraction of sp³-hybridized carbons (Fsp3) is 0.154. The third kappa shape index (κ3) is 3.68. The zero-order chi connectivity index (χ0) is 15.2. The zero-order valence-corrected chi connectivity index (χ0v) is 12.3. The average Bonchev–Trinajstić information content (AvgIpc) is 2.84. The van der Waals surface area contributed by atoms with E-state index >= 15 is 0 Å². The SMILES string of the molecule is N#Cc1c(Cl)nsc1NCCNC(=O)c1ccccc1F. The maximum Gasteiger partial charge on any atom is 0.254 e. The van der Waals surface area contributed by atoms with Crippen molar-refractivity contribution in [2.24, 2.45) is 0 Å². The molecule has 0 radical (unpaired) electrons. The summed E-state index contributed by atoms with van der Waals surface area (Å²) in [5, 5.41) is 15.1. The molecule has 21 heavy (non-hydrogen) atoms. The van der Waals surface area contributed by atoms with Crippen molar-refractivity contribution in [1.29, 1.82) is 5.26 Å². The standard InChI is InChI=1S/C13H10ClFN4OS/c14-11-9(7-16)13(21-19-11)18-6-5-17-12(20)8-3-1-2-4-10(8)15/h1-4,18H,5-6H2,(H,17,20). The van der Waals surface area contributed by atoms with Crippen LogP contribution >= 0.6 is 23.1 Å². The molecule has 8 heteroatoms. The molecule has 2 rings (SSSR count). The van der Waals surface area contributed by atoms with Gasteiger partial charge in [-0.15, -0.1) is 0 Å². The molecule has 2 N–H and O–H groups in total. The van der Waals surface area contributed by atoms with Crippen LogP contribution < -0.4 is 10.6 Å². The Hall–Kier alpha value is -2.17. The van der Waals surface area contributed by atoms with Gasteiger partial charge in [-0.25, -0.2) is 4.39 Å². The minimum absolute atomic E-state index is 0.00366. The Morgan fingerprint density at radius 1 is 1.43 bits per heavy atom. The number of benzene rings is 1. The van der Waals surface area contributed by atoms with Crippen LogP contribution in [0.5, 0.6) is 0 Å². The summed E-state index contributed by atoms with van der Waals surface area (Å²) in [6.45, 7) is 0.640. The molecule has 0 aliphatic heterocycles. The highest BCUT2D eigenvalue weighted by Gasteiger charge is 2.12. The van der Waals surface area contributed by atoms with Gasteiger partial charge < -0.3 is 10.6 Å². The molecular weight excluding hydrogens is 315 g/mol. The molecule has 0 atom stereocenters. The molecule has 0 fully saturated rings. The summed E-state index contributed by atoms with van der Waals surface area (Å²) in [7, 11) is 0. The number of carbonyl (C=O) groups excluding carboxylic acids is 1. The molecule has 1 aromatic heterocycles. The van der Waals surface area contributed by atoms with Gasteiger partial charge in [0.1, 0.15) is 22.5 Å². The molecule has 108 valence electrons. The van der Waals surface area contributed by atoms with E-state index in [1.165, 1.54) is 18.2 Å². The van der Waals surface area contributed by atoms with Gasteiger partial charge in [0, 0.05) is 13.1 Å². The fourth-order valence-electron chi connectivity index (χ4n) is 1.58. The molecule has 2 aromatic rings. The number of anilines is 1. The number of hydrogen-bond donors (Lipinski definition) is 2. The molecule has 0 aliphatic rings. The largest absolute Gasteiger partial charge is 0.373 e. The van der Waals surface area contributed by atoms with E-state index in [2.05, 4.69) is 15.0 Å². The molecule has 1 amide bonds. The van der Waals surface area contributed by atoms with Gasteiger partial charge >= 0.3 is 0 Å². The lowest BCUT2D eigenvalue weighted by Gasteiger charge is -2.07. The molecule has 1 heterocycles. The first-order chi connectivity index (χ1) is 10.1. The lowest BCUT2D eigenvalue weighted by atomic mass is 10.2. The summed E-state index contributed by atoms with van der Waals surface area (Å²) >= 11 is 6.80. The minimum atomic E-state index is -0.566. The zero-order valence-electron chi connectivity index (χ0n) is 10.7. The van der Waals surface area contributed by atoms with Gasteiger partial charge in [-0.2, -0.15) is 9.64 Å². The van der Waals surface area contributed by atoms with E-state index in [1.54, 1.807) is 6.07 Å². The monoisotopic (exact) mass is 324 g/mol. The molecule has 0 saturated carbocycles. The third-order valence-electron chi connectivity index (χ3n) is 2.58. The summed E-state index contributed by atoms with van der Waals surface area (Å²) in [5.41, 5.74) is 0.276. The van der Waals surface area contributed by atoms with E-state index in [-0.39, 0.29) is 22.8 Å². The van der Waals surface area contributed by atoms with Crippen molar-refractivity contribution in [3.63, 3.8) is 0 Å². The Labute approximate surface area is 129 Å². The van der Waals surface area contributed by atoms with Gasteiger partial charge in [0.25, 0.3) is 5.91 Å². The highest BCUT2D eigenvalue weighted by atomic mass is 35.5. The highest BCUT2D eigenvalue weighted by Crippen LogP contribution is 2.26. The van der Waals surface area contributed by atoms with Crippen molar-refractivity contribution in [1.82, 2.24) is 9.69 Å². The van der Waals surface area contributed by atoms with E-state index in [0.717, 1.165) is 11.5 Å². The summed E-state index contributed by atoms with van der Waals surface area (Å²) in [6.07, 6.45) is 0. The molecule has 0 spiro atoms. The van der Waals surface area contributed by atoms with Gasteiger partial charge in [-0.3, -0.25) is 4.79 Å². The number of amides is 1. The van der Waals surface area contributed by atoms with E-state index < -0.39 is 11.7 Å². The number of nitriles is 1. The quantitative estimate of drug-likeness (QED) is 0.829. The number of halogens is 2. The Morgan fingerprint density at radius 2 is 2.19 bits per heavy atom. The number of aromatic nitrogens is 1. The van der Waals surface area contributed by atoms with Crippen LogP contribution in [0, 0.1) is 17.1 Å². The molecule has 0 bridgehead atoms.